The van der Waals surface area contributed by atoms with Gasteiger partial charge in [0.05, 0.1) is 11.0 Å². The van der Waals surface area contributed by atoms with Crippen molar-refractivity contribution < 1.29 is 4.79 Å². The van der Waals surface area contributed by atoms with Crippen LogP contribution in [0.25, 0.3) is 11.0 Å². The van der Waals surface area contributed by atoms with Crippen molar-refractivity contribution in [3.63, 3.8) is 0 Å². The Morgan fingerprint density at radius 3 is 2.71 bits per heavy atom. The average Bonchev–Trinajstić information content (AvgIpc) is 2.45. The Morgan fingerprint density at radius 1 is 1.33 bits per heavy atom. The zero-order valence-corrected chi connectivity index (χ0v) is 12.6. The fourth-order valence-corrected chi connectivity index (χ4v) is 2.19. The average molecular weight is 288 g/mol. The summed E-state index contributed by atoms with van der Waals surface area (Å²) in [4.78, 5) is 30.2. The van der Waals surface area contributed by atoms with E-state index in [9.17, 15) is 9.59 Å². The number of aryl methyl sites for hydroxylation is 1. The predicted molar refractivity (Wildman–Crippen MR) is 83.6 cm³/mol. The summed E-state index contributed by atoms with van der Waals surface area (Å²) < 4.78 is 1.62. The SMILES string of the molecule is CCNC(=O)CCn1c(=O)c(N(C)C)nc2ccccc21. The van der Waals surface area contributed by atoms with Crippen molar-refractivity contribution >= 4 is 22.8 Å². The quantitative estimate of drug-likeness (QED) is 0.891. The lowest BCUT2D eigenvalue weighted by atomic mass is 10.2. The maximum absolute atomic E-state index is 12.5. The maximum Gasteiger partial charge on any atom is 0.293 e. The van der Waals surface area contributed by atoms with Crippen molar-refractivity contribution in [1.82, 2.24) is 14.9 Å². The van der Waals surface area contributed by atoms with Crippen molar-refractivity contribution in [2.45, 2.75) is 19.9 Å². The van der Waals surface area contributed by atoms with Crippen LogP contribution in [0.5, 0.6) is 0 Å². The van der Waals surface area contributed by atoms with Gasteiger partial charge in [-0.05, 0) is 19.1 Å². The summed E-state index contributed by atoms with van der Waals surface area (Å²) in [5.74, 6) is 0.321. The van der Waals surface area contributed by atoms with Crippen LogP contribution in [0.4, 0.5) is 5.82 Å². The highest BCUT2D eigenvalue weighted by Crippen LogP contribution is 2.13. The molecule has 1 aromatic carbocycles. The van der Waals surface area contributed by atoms with E-state index in [4.69, 9.17) is 0 Å². The van der Waals surface area contributed by atoms with Gasteiger partial charge in [-0.1, -0.05) is 12.1 Å². The van der Waals surface area contributed by atoms with E-state index in [1.54, 1.807) is 23.6 Å². The van der Waals surface area contributed by atoms with E-state index < -0.39 is 0 Å². The number of nitrogens with zero attached hydrogens (tertiary/aromatic N) is 3. The van der Waals surface area contributed by atoms with E-state index in [0.717, 1.165) is 11.0 Å². The van der Waals surface area contributed by atoms with Crippen LogP contribution in [0, 0.1) is 0 Å². The van der Waals surface area contributed by atoms with Gasteiger partial charge in [0.25, 0.3) is 5.56 Å². The van der Waals surface area contributed by atoms with Gasteiger partial charge in [0, 0.05) is 33.6 Å². The van der Waals surface area contributed by atoms with Crippen molar-refractivity contribution in [3.05, 3.63) is 34.6 Å². The number of anilines is 1. The number of fused-ring (bicyclic) bond motifs is 1. The molecule has 1 heterocycles. The highest BCUT2D eigenvalue weighted by molar-refractivity contribution is 5.78. The van der Waals surface area contributed by atoms with Gasteiger partial charge in [-0.2, -0.15) is 0 Å². The smallest absolute Gasteiger partial charge is 0.293 e. The molecular formula is C15H20N4O2. The van der Waals surface area contributed by atoms with Gasteiger partial charge in [0.2, 0.25) is 5.91 Å². The Bertz CT molecular complexity index is 706. The monoisotopic (exact) mass is 288 g/mol. The first kappa shape index (κ1) is 15.0. The summed E-state index contributed by atoms with van der Waals surface area (Å²) in [6.45, 7) is 2.80. The summed E-state index contributed by atoms with van der Waals surface area (Å²) in [7, 11) is 3.57. The molecule has 0 aliphatic rings. The second-order valence-electron chi connectivity index (χ2n) is 4.98. The minimum Gasteiger partial charge on any atom is -0.358 e. The molecule has 0 spiro atoms. The molecule has 2 rings (SSSR count). The molecule has 6 heteroatoms. The summed E-state index contributed by atoms with van der Waals surface area (Å²) in [5, 5.41) is 2.74. The third-order valence-electron chi connectivity index (χ3n) is 3.20. The van der Waals surface area contributed by atoms with Gasteiger partial charge in [0.15, 0.2) is 5.82 Å². The summed E-state index contributed by atoms with van der Waals surface area (Å²) >= 11 is 0. The van der Waals surface area contributed by atoms with Crippen LogP contribution in [0.1, 0.15) is 13.3 Å². The minimum atomic E-state index is -0.178. The molecule has 0 unspecified atom stereocenters. The number of hydrogen-bond donors (Lipinski definition) is 1. The topological polar surface area (TPSA) is 67.2 Å². The lowest BCUT2D eigenvalue weighted by Gasteiger charge is -2.16. The van der Waals surface area contributed by atoms with Crippen LogP contribution < -0.4 is 15.8 Å². The molecular weight excluding hydrogens is 268 g/mol. The first-order valence-electron chi connectivity index (χ1n) is 6.98. The first-order chi connectivity index (χ1) is 10.0. The zero-order chi connectivity index (χ0) is 15.4. The first-order valence-corrected chi connectivity index (χ1v) is 6.98. The molecule has 0 fully saturated rings. The number of nitrogens with one attached hydrogen (secondary N) is 1. The second kappa shape index (κ2) is 6.39. The number of amides is 1. The normalized spacial score (nSPS) is 10.6. The van der Waals surface area contributed by atoms with Crippen LogP contribution in [0.15, 0.2) is 29.1 Å². The van der Waals surface area contributed by atoms with E-state index in [-0.39, 0.29) is 17.9 Å². The molecule has 0 bridgehead atoms. The van der Waals surface area contributed by atoms with Gasteiger partial charge in [-0.15, -0.1) is 0 Å². The molecule has 112 valence electrons. The molecule has 0 aliphatic carbocycles. The summed E-state index contributed by atoms with van der Waals surface area (Å²) in [6, 6.07) is 7.46. The molecule has 2 aromatic rings. The standard InChI is InChI=1S/C15H20N4O2/c1-4-16-13(20)9-10-19-12-8-6-5-7-11(12)17-14(15(19)21)18(2)3/h5-8H,4,9-10H2,1-3H3,(H,16,20). The van der Waals surface area contributed by atoms with Crippen molar-refractivity contribution in [1.29, 1.82) is 0 Å². The number of aromatic nitrogens is 2. The number of carbonyl (C=O) groups excluding carboxylic acids is 1. The number of carbonyl (C=O) groups is 1. The van der Waals surface area contributed by atoms with Gasteiger partial charge in [-0.25, -0.2) is 4.98 Å². The van der Waals surface area contributed by atoms with E-state index >= 15 is 0 Å². The Morgan fingerprint density at radius 2 is 2.05 bits per heavy atom. The zero-order valence-electron chi connectivity index (χ0n) is 12.6. The van der Waals surface area contributed by atoms with Crippen LogP contribution in [-0.2, 0) is 11.3 Å². The third kappa shape index (κ3) is 3.21. The Labute approximate surface area is 123 Å². The molecule has 0 atom stereocenters. The molecule has 0 saturated heterocycles. The molecule has 21 heavy (non-hydrogen) atoms. The van der Waals surface area contributed by atoms with Gasteiger partial charge >= 0.3 is 0 Å². The maximum atomic E-state index is 12.5. The second-order valence-corrected chi connectivity index (χ2v) is 4.98. The van der Waals surface area contributed by atoms with Gasteiger partial charge < -0.3 is 14.8 Å². The minimum absolute atomic E-state index is 0.0586. The van der Waals surface area contributed by atoms with E-state index in [0.29, 0.717) is 18.9 Å². The Kier molecular flexibility index (Phi) is 4.57. The van der Waals surface area contributed by atoms with Crippen LogP contribution in [0.2, 0.25) is 0 Å². The van der Waals surface area contributed by atoms with Gasteiger partial charge in [0.1, 0.15) is 0 Å². The molecule has 0 radical (unpaired) electrons. The van der Waals surface area contributed by atoms with Crippen molar-refractivity contribution in [2.24, 2.45) is 0 Å². The fourth-order valence-electron chi connectivity index (χ4n) is 2.19. The fraction of sp³-hybridized carbons (Fsp3) is 0.400. The number of benzene rings is 1. The molecule has 1 amide bonds. The van der Waals surface area contributed by atoms with Crippen LogP contribution >= 0.6 is 0 Å². The number of rotatable bonds is 5. The lowest BCUT2D eigenvalue weighted by molar-refractivity contribution is -0.121. The lowest BCUT2D eigenvalue weighted by Crippen LogP contribution is -2.31. The van der Waals surface area contributed by atoms with Crippen LogP contribution in [-0.4, -0.2) is 36.1 Å². The van der Waals surface area contributed by atoms with E-state index in [2.05, 4.69) is 10.3 Å². The predicted octanol–water partition coefficient (Wildman–Crippen LogP) is 0.989. The Hall–Kier alpha value is -2.37. The summed E-state index contributed by atoms with van der Waals surface area (Å²) in [5.41, 5.74) is 1.32. The van der Waals surface area contributed by atoms with Crippen molar-refractivity contribution in [2.75, 3.05) is 25.5 Å². The molecule has 1 N–H and O–H groups in total. The number of hydrogen-bond acceptors (Lipinski definition) is 4. The molecule has 0 saturated carbocycles. The molecule has 6 nitrogen and oxygen atoms in total. The van der Waals surface area contributed by atoms with Crippen molar-refractivity contribution in [3.8, 4) is 0 Å². The summed E-state index contributed by atoms with van der Waals surface area (Å²) in [6.07, 6.45) is 0.272. The number of para-hydroxylation sites is 2. The molecule has 1 aromatic heterocycles. The van der Waals surface area contributed by atoms with Gasteiger partial charge in [-0.3, -0.25) is 9.59 Å². The molecule has 0 aliphatic heterocycles. The van der Waals surface area contributed by atoms with Crippen LogP contribution in [0.3, 0.4) is 0 Å². The Balaban J connectivity index is 2.47. The highest BCUT2D eigenvalue weighted by Gasteiger charge is 2.13. The highest BCUT2D eigenvalue weighted by atomic mass is 16.2. The largest absolute Gasteiger partial charge is 0.358 e. The van der Waals surface area contributed by atoms with E-state index in [1.165, 1.54) is 0 Å². The third-order valence-corrected chi connectivity index (χ3v) is 3.20. The van der Waals surface area contributed by atoms with E-state index in [1.807, 2.05) is 31.2 Å².